The van der Waals surface area contributed by atoms with Gasteiger partial charge < -0.3 is 34.3 Å². The van der Waals surface area contributed by atoms with Crippen LogP contribution in [0.3, 0.4) is 0 Å². The molecule has 0 aliphatic heterocycles. The number of hydrogen-bond acceptors (Lipinski definition) is 13. The van der Waals surface area contributed by atoms with Gasteiger partial charge in [0.1, 0.15) is 45.0 Å². The van der Waals surface area contributed by atoms with E-state index in [0.717, 1.165) is 0 Å². The van der Waals surface area contributed by atoms with Crippen molar-refractivity contribution in [2.45, 2.75) is 53.6 Å². The second kappa shape index (κ2) is 34.0. The molecular formula is C43H45Cl9O14S. The van der Waals surface area contributed by atoms with Gasteiger partial charge in [0.25, 0.3) is 5.24 Å². The smallest absolute Gasteiger partial charge is 0.344 e. The predicted molar refractivity (Wildman–Crippen MR) is 266 cm³/mol. The fourth-order valence-corrected chi connectivity index (χ4v) is 5.64. The molecule has 0 bridgehead atoms. The van der Waals surface area contributed by atoms with Crippen molar-refractivity contribution in [1.82, 2.24) is 0 Å². The molecule has 1 atom stereocenters. The monoisotopic (exact) mass is 1130 g/mol. The van der Waals surface area contributed by atoms with E-state index in [4.69, 9.17) is 115 Å². The Labute approximate surface area is 434 Å². The topological polar surface area (TPSA) is 217 Å². The van der Waals surface area contributed by atoms with Crippen molar-refractivity contribution in [3.05, 3.63) is 120 Å². The molecular weight excluding hydrogens is 1090 g/mol. The van der Waals surface area contributed by atoms with E-state index in [9.17, 15) is 28.8 Å². The Balaban J connectivity index is 0. The lowest BCUT2D eigenvalue weighted by Crippen LogP contribution is -2.24. The molecule has 0 aliphatic rings. The molecule has 0 aromatic heterocycles. The number of carbonyl (C=O) groups is 6. The van der Waals surface area contributed by atoms with Crippen LogP contribution in [0.25, 0.3) is 0 Å². The van der Waals surface area contributed by atoms with Gasteiger partial charge in [-0.05, 0) is 84.0 Å². The number of aliphatic hydroxyl groups is 2. The zero-order valence-corrected chi connectivity index (χ0v) is 42.6. The third kappa shape index (κ3) is 23.2. The number of rotatable bonds is 21. The molecule has 0 saturated heterocycles. The molecule has 0 spiro atoms. The predicted octanol–water partition coefficient (Wildman–Crippen LogP) is 12.0. The Morgan fingerprint density at radius 2 is 0.896 bits per heavy atom. The maximum absolute atomic E-state index is 12.1. The first-order valence-corrected chi connectivity index (χ1v) is 23.8. The minimum absolute atomic E-state index is 0. The van der Waals surface area contributed by atoms with E-state index in [0.29, 0.717) is 36.0 Å². The maximum atomic E-state index is 12.1. The fourth-order valence-electron chi connectivity index (χ4n) is 4.20. The summed E-state index contributed by atoms with van der Waals surface area (Å²) in [6.07, 6.45) is 0.357. The van der Waals surface area contributed by atoms with Crippen LogP contribution in [0.2, 0.25) is 30.1 Å². The average Bonchev–Trinajstić information content (AvgIpc) is 3.28. The van der Waals surface area contributed by atoms with Crippen LogP contribution < -0.4 is 14.2 Å². The Morgan fingerprint density at radius 3 is 1.16 bits per heavy atom. The number of benzene rings is 3. The summed E-state index contributed by atoms with van der Waals surface area (Å²) < 4.78 is 29.0. The Bertz CT molecular complexity index is 2200. The summed E-state index contributed by atoms with van der Waals surface area (Å²) in [6, 6.07) is 8.64. The van der Waals surface area contributed by atoms with Crippen LogP contribution in [0.5, 0.6) is 17.2 Å². The SMILES string of the molecule is C.C=C(CC)C(=O)c1ccc(OCC(=O)Cl)c(Cl)c1Cl.C=C(CC)C(=O)c1ccc(OCC(=O)O)c(Cl)c1Cl.C=C(CC)C(=O)c1ccc(OCC(=O)OCC(O)CO)c(Cl)c1Cl.O=S(Cl)Cl. The Kier molecular flexibility index (Phi) is 33.3. The number of carbonyl (C=O) groups excluding carboxylic acids is 5. The number of ketones is 3. The zero-order chi connectivity index (χ0) is 51.0. The number of carboxylic acid groups (broad SMARTS) is 1. The number of carboxylic acids is 1. The third-order valence-corrected chi connectivity index (χ3v) is 10.5. The van der Waals surface area contributed by atoms with Gasteiger partial charge in [0, 0.05) is 38.1 Å². The minimum Gasteiger partial charge on any atom is -0.483 e. The molecule has 1 unspecified atom stereocenters. The molecule has 0 amide bonds. The van der Waals surface area contributed by atoms with Gasteiger partial charge in [0.05, 0.1) is 21.7 Å². The number of ether oxygens (including phenoxy) is 4. The van der Waals surface area contributed by atoms with Crippen molar-refractivity contribution in [3.63, 3.8) is 0 Å². The highest BCUT2D eigenvalue weighted by Gasteiger charge is 2.21. The van der Waals surface area contributed by atoms with E-state index in [1.165, 1.54) is 36.4 Å². The summed E-state index contributed by atoms with van der Waals surface area (Å²) in [5.41, 5.74) is 1.92. The molecule has 0 saturated carbocycles. The zero-order valence-electron chi connectivity index (χ0n) is 35.0. The molecule has 24 heteroatoms. The first kappa shape index (κ1) is 65.7. The largest absolute Gasteiger partial charge is 0.483 e. The van der Waals surface area contributed by atoms with Crippen molar-refractivity contribution in [2.24, 2.45) is 0 Å². The van der Waals surface area contributed by atoms with E-state index in [2.05, 4.69) is 45.8 Å². The highest BCUT2D eigenvalue weighted by molar-refractivity contribution is 8.26. The summed E-state index contributed by atoms with van der Waals surface area (Å²) in [7, 11) is 7.36. The molecule has 0 heterocycles. The van der Waals surface area contributed by atoms with Gasteiger partial charge in [-0.3, -0.25) is 19.2 Å². The van der Waals surface area contributed by atoms with Crippen molar-refractivity contribution < 1.29 is 67.2 Å². The summed E-state index contributed by atoms with van der Waals surface area (Å²) in [6.45, 7) is 14.2. The first-order valence-electron chi connectivity index (χ1n) is 18.4. The molecule has 3 N–H and O–H groups in total. The van der Waals surface area contributed by atoms with Crippen LogP contribution in [0.1, 0.15) is 78.5 Å². The lowest BCUT2D eigenvalue weighted by atomic mass is 10.0. The lowest BCUT2D eigenvalue weighted by Gasteiger charge is -2.12. The maximum Gasteiger partial charge on any atom is 0.344 e. The second-order valence-corrected chi connectivity index (χ2v) is 17.6. The van der Waals surface area contributed by atoms with Crippen LogP contribution in [-0.2, 0) is 28.3 Å². The van der Waals surface area contributed by atoms with E-state index in [1.807, 2.05) is 6.92 Å². The van der Waals surface area contributed by atoms with Crippen LogP contribution in [-0.4, -0.2) is 93.2 Å². The highest BCUT2D eigenvalue weighted by atomic mass is 36.0. The second-order valence-electron chi connectivity index (χ2n) is 12.4. The average molecular weight is 1140 g/mol. The Morgan fingerprint density at radius 1 is 0.597 bits per heavy atom. The molecule has 0 radical (unpaired) electrons. The summed E-state index contributed by atoms with van der Waals surface area (Å²) >= 11 is 41.2. The lowest BCUT2D eigenvalue weighted by molar-refractivity contribution is -0.149. The van der Waals surface area contributed by atoms with Gasteiger partial charge >= 0.3 is 11.9 Å². The van der Waals surface area contributed by atoms with Crippen molar-refractivity contribution in [1.29, 1.82) is 0 Å². The molecule has 3 aromatic rings. The van der Waals surface area contributed by atoms with Gasteiger partial charge in [-0.2, -0.15) is 0 Å². The van der Waals surface area contributed by atoms with E-state index in [1.54, 1.807) is 13.8 Å². The molecule has 14 nitrogen and oxygen atoms in total. The number of allylic oxidation sites excluding steroid dienone is 3. The number of hydrogen-bond donors (Lipinski definition) is 3. The quantitative estimate of drug-likeness (QED) is 0.0391. The standard InChI is InChI=1S/C16H18Cl2O6.C13H11Cl3O3.C13H12Cl2O4.CH4.Cl2OS/c1-3-9(2)16(22)11-4-5-12(15(18)14(11)17)23-8-13(21)24-7-10(20)6-19;1-3-7(2)13(18)8-4-5-9(12(16)11(8)15)19-6-10(14)17;1-3-7(2)13(18)8-4-5-9(12(15)11(8)14)19-6-10(16)17;;1-4(2)3/h4-5,10,19-20H,2-3,6-8H2,1H3;4-5H,2-3,6H2,1H3;4-5H,2-3,6H2,1H3,(H,16,17);1H4;. The van der Waals surface area contributed by atoms with Crippen molar-refractivity contribution >= 4 is 146 Å². The van der Waals surface area contributed by atoms with Crippen LogP contribution >= 0.6 is 103 Å². The molecule has 67 heavy (non-hydrogen) atoms. The number of esters is 1. The van der Waals surface area contributed by atoms with Crippen LogP contribution in [0.4, 0.5) is 0 Å². The van der Waals surface area contributed by atoms with E-state index in [-0.39, 0.29) is 102 Å². The summed E-state index contributed by atoms with van der Waals surface area (Å²) in [5.74, 6) is -2.34. The van der Waals surface area contributed by atoms with Crippen molar-refractivity contribution in [2.75, 3.05) is 33.0 Å². The fraction of sp³-hybridized carbons (Fsp3) is 0.302. The molecule has 0 fully saturated rings. The van der Waals surface area contributed by atoms with Crippen LogP contribution in [0, 0.1) is 0 Å². The highest BCUT2D eigenvalue weighted by Crippen LogP contribution is 2.38. The Hall–Kier alpha value is -3.42. The summed E-state index contributed by atoms with van der Waals surface area (Å²) in [4.78, 5) is 68.5. The van der Waals surface area contributed by atoms with Gasteiger partial charge in [-0.1, -0.05) is 118 Å². The van der Waals surface area contributed by atoms with Crippen LogP contribution in [0.15, 0.2) is 72.9 Å². The normalized spacial score (nSPS) is 10.4. The summed E-state index contributed by atoms with van der Waals surface area (Å²) in [5, 5.41) is 25.7. The van der Waals surface area contributed by atoms with E-state index < -0.39 is 52.3 Å². The number of Topliss-reactive ketones (excluding diaryl/α,β-unsaturated/α-hetero) is 3. The number of halogens is 9. The van der Waals surface area contributed by atoms with Gasteiger partial charge in [0.2, 0.25) is 9.23 Å². The first-order chi connectivity index (χ1) is 30.8. The van der Waals surface area contributed by atoms with Gasteiger partial charge in [-0.25, -0.2) is 13.8 Å². The molecule has 370 valence electrons. The third-order valence-electron chi connectivity index (χ3n) is 7.80. The number of aliphatic carboxylic acids is 1. The van der Waals surface area contributed by atoms with Gasteiger partial charge in [-0.15, -0.1) is 0 Å². The molecule has 0 aliphatic carbocycles. The molecule has 3 rings (SSSR count). The van der Waals surface area contributed by atoms with E-state index >= 15 is 0 Å². The van der Waals surface area contributed by atoms with Crippen molar-refractivity contribution in [3.8, 4) is 17.2 Å². The van der Waals surface area contributed by atoms with Gasteiger partial charge in [0.15, 0.2) is 37.2 Å². The number of aliphatic hydroxyl groups excluding tert-OH is 2. The molecule has 3 aromatic carbocycles. The minimum atomic E-state index is -1.67.